The van der Waals surface area contributed by atoms with Crippen molar-refractivity contribution in [2.75, 3.05) is 12.4 Å². The Bertz CT molecular complexity index is 661. The molecule has 5 atom stereocenters. The summed E-state index contributed by atoms with van der Waals surface area (Å²) in [5.41, 5.74) is 0.430. The number of allylic oxidation sites excluding steroid dienone is 1. The number of esters is 4. The molecule has 0 aromatic carbocycles. The summed E-state index contributed by atoms with van der Waals surface area (Å²) >= 11 is 1.33. The van der Waals surface area contributed by atoms with E-state index in [0.717, 1.165) is 6.42 Å². The van der Waals surface area contributed by atoms with Crippen LogP contribution in [0.3, 0.4) is 0 Å². The smallest absolute Gasteiger partial charge is 0.303 e. The first-order valence-electron chi connectivity index (χ1n) is 9.62. The number of thioether (sulfide) groups is 1. The molecule has 2 unspecified atom stereocenters. The van der Waals surface area contributed by atoms with Crippen molar-refractivity contribution in [2.45, 2.75) is 77.8 Å². The van der Waals surface area contributed by atoms with Gasteiger partial charge >= 0.3 is 23.9 Å². The predicted molar refractivity (Wildman–Crippen MR) is 108 cm³/mol. The zero-order valence-corrected chi connectivity index (χ0v) is 19.0. The second-order valence-electron chi connectivity index (χ2n) is 6.81. The fourth-order valence-electron chi connectivity index (χ4n) is 2.75. The Morgan fingerprint density at radius 3 is 1.87 bits per heavy atom. The molecule has 0 aromatic heterocycles. The molecule has 30 heavy (non-hydrogen) atoms. The molecule has 0 aliphatic carbocycles. The number of hydrogen-bond acceptors (Lipinski definition) is 10. The van der Waals surface area contributed by atoms with Crippen LogP contribution in [0.1, 0.15) is 48.0 Å². The summed E-state index contributed by atoms with van der Waals surface area (Å²) < 4.78 is 27.2. The zero-order chi connectivity index (χ0) is 22.8. The molecule has 0 bridgehead atoms. The van der Waals surface area contributed by atoms with E-state index in [9.17, 15) is 19.2 Å². The topological polar surface area (TPSA) is 114 Å². The lowest BCUT2D eigenvalue weighted by molar-refractivity contribution is -0.237. The highest BCUT2D eigenvalue weighted by Crippen LogP contribution is 2.34. The van der Waals surface area contributed by atoms with Gasteiger partial charge < -0.3 is 23.7 Å². The molecule has 1 aliphatic heterocycles. The fourth-order valence-corrected chi connectivity index (χ4v) is 3.94. The second-order valence-corrected chi connectivity index (χ2v) is 7.94. The van der Waals surface area contributed by atoms with E-state index in [1.807, 2.05) is 19.9 Å². The second kappa shape index (κ2) is 12.6. The molecule has 1 rings (SSSR count). The van der Waals surface area contributed by atoms with Gasteiger partial charge in [-0.2, -0.15) is 0 Å². The fraction of sp³-hybridized carbons (Fsp3) is 0.700. The molecule has 10 heteroatoms. The normalized spacial score (nSPS) is 26.5. The lowest BCUT2D eigenvalue weighted by Crippen LogP contribution is -2.61. The van der Waals surface area contributed by atoms with E-state index < -0.39 is 53.7 Å². The minimum absolute atomic E-state index is 0.223. The molecular weight excluding hydrogens is 416 g/mol. The Labute approximate surface area is 180 Å². The molecule has 0 aromatic rings. The van der Waals surface area contributed by atoms with Gasteiger partial charge in [-0.25, -0.2) is 0 Å². The van der Waals surface area contributed by atoms with Crippen molar-refractivity contribution in [1.82, 2.24) is 0 Å². The first-order chi connectivity index (χ1) is 14.0. The molecular formula is C20H30O9S. The van der Waals surface area contributed by atoms with Crippen LogP contribution in [0.15, 0.2) is 11.6 Å². The van der Waals surface area contributed by atoms with Gasteiger partial charge in [-0.15, -0.1) is 11.8 Å². The van der Waals surface area contributed by atoms with Crippen LogP contribution in [0, 0.1) is 0 Å². The van der Waals surface area contributed by atoms with Crippen molar-refractivity contribution in [1.29, 1.82) is 0 Å². The highest BCUT2D eigenvalue weighted by molar-refractivity contribution is 7.99. The van der Waals surface area contributed by atoms with Gasteiger partial charge in [0.25, 0.3) is 0 Å². The number of rotatable bonds is 9. The number of ether oxygens (including phenoxy) is 5. The van der Waals surface area contributed by atoms with Crippen molar-refractivity contribution < 1.29 is 42.9 Å². The van der Waals surface area contributed by atoms with E-state index in [1.54, 1.807) is 0 Å². The number of carbonyl (C=O) groups excluding carboxylic acids is 4. The standard InChI is InChI=1S/C20H30O9S/c1-7-11(2)8-9-30-20-19(28-15(6)24)18(27-14(5)23)17(26-13(4)22)16(29-20)10-25-12(3)21/h8,16-20H,7,9-10H2,1-6H3/t16?,17-,18+,19?,20+/m1/s1. The van der Waals surface area contributed by atoms with Crippen LogP contribution in [-0.4, -0.2) is 66.1 Å². The van der Waals surface area contributed by atoms with Crippen molar-refractivity contribution in [3.05, 3.63) is 11.6 Å². The summed E-state index contributed by atoms with van der Waals surface area (Å²) in [6.07, 6.45) is -1.29. The molecule has 0 amide bonds. The first-order valence-corrected chi connectivity index (χ1v) is 10.7. The van der Waals surface area contributed by atoms with Gasteiger partial charge in [0.15, 0.2) is 18.3 Å². The largest absolute Gasteiger partial charge is 0.463 e. The van der Waals surface area contributed by atoms with E-state index in [4.69, 9.17) is 23.7 Å². The average molecular weight is 447 g/mol. The van der Waals surface area contributed by atoms with Crippen molar-refractivity contribution >= 4 is 35.6 Å². The molecule has 0 N–H and O–H groups in total. The van der Waals surface area contributed by atoms with Gasteiger partial charge in [0.1, 0.15) is 18.1 Å². The molecule has 1 fully saturated rings. The van der Waals surface area contributed by atoms with Crippen molar-refractivity contribution in [3.63, 3.8) is 0 Å². The van der Waals surface area contributed by atoms with Crippen molar-refractivity contribution in [2.24, 2.45) is 0 Å². The molecule has 1 aliphatic rings. The third-order valence-electron chi connectivity index (χ3n) is 4.20. The lowest BCUT2D eigenvalue weighted by atomic mass is 9.99. The number of carbonyl (C=O) groups is 4. The Hall–Kier alpha value is -2.07. The van der Waals surface area contributed by atoms with Crippen LogP contribution in [0.5, 0.6) is 0 Å². The summed E-state index contributed by atoms with van der Waals surface area (Å²) in [6.45, 7) is 8.64. The maximum absolute atomic E-state index is 11.8. The van der Waals surface area contributed by atoms with E-state index in [2.05, 4.69) is 0 Å². The van der Waals surface area contributed by atoms with E-state index in [-0.39, 0.29) is 6.61 Å². The summed E-state index contributed by atoms with van der Waals surface area (Å²) in [7, 11) is 0. The lowest BCUT2D eigenvalue weighted by Gasteiger charge is -2.44. The third-order valence-corrected chi connectivity index (χ3v) is 5.27. The molecule has 0 saturated carbocycles. The van der Waals surface area contributed by atoms with Crippen LogP contribution >= 0.6 is 11.8 Å². The molecule has 9 nitrogen and oxygen atoms in total. The highest BCUT2D eigenvalue weighted by Gasteiger charge is 2.52. The molecule has 0 radical (unpaired) electrons. The maximum atomic E-state index is 11.8. The van der Waals surface area contributed by atoms with Crippen LogP contribution in [0.4, 0.5) is 0 Å². The average Bonchev–Trinajstić information content (AvgIpc) is 2.63. The Morgan fingerprint density at radius 2 is 1.37 bits per heavy atom. The summed E-state index contributed by atoms with van der Waals surface area (Å²) in [6, 6.07) is 0. The van der Waals surface area contributed by atoms with E-state index in [1.165, 1.54) is 45.0 Å². The minimum Gasteiger partial charge on any atom is -0.463 e. The third kappa shape index (κ3) is 8.74. The molecule has 1 saturated heterocycles. The van der Waals surface area contributed by atoms with Crippen LogP contribution < -0.4 is 0 Å². The Balaban J connectivity index is 3.25. The van der Waals surface area contributed by atoms with Crippen molar-refractivity contribution in [3.8, 4) is 0 Å². The summed E-state index contributed by atoms with van der Waals surface area (Å²) in [4.78, 5) is 46.4. The molecule has 170 valence electrons. The zero-order valence-electron chi connectivity index (χ0n) is 18.2. The molecule has 0 spiro atoms. The quantitative estimate of drug-likeness (QED) is 0.296. The summed E-state index contributed by atoms with van der Waals surface area (Å²) in [5, 5.41) is 0. The molecule has 1 heterocycles. The van der Waals surface area contributed by atoms with Gasteiger partial charge in [0, 0.05) is 33.4 Å². The maximum Gasteiger partial charge on any atom is 0.303 e. The van der Waals surface area contributed by atoms with E-state index in [0.29, 0.717) is 5.75 Å². The Kier molecular flexibility index (Phi) is 10.9. The monoisotopic (exact) mass is 446 g/mol. The minimum atomic E-state index is -1.13. The summed E-state index contributed by atoms with van der Waals surface area (Å²) in [5.74, 6) is -1.90. The van der Waals surface area contributed by atoms with Crippen LogP contribution in [0.2, 0.25) is 0 Å². The van der Waals surface area contributed by atoms with Gasteiger partial charge in [0.05, 0.1) is 0 Å². The van der Waals surface area contributed by atoms with Crippen LogP contribution in [-0.2, 0) is 42.9 Å². The number of hydrogen-bond donors (Lipinski definition) is 0. The van der Waals surface area contributed by atoms with E-state index >= 15 is 0 Å². The Morgan fingerprint density at radius 1 is 0.833 bits per heavy atom. The van der Waals surface area contributed by atoms with Gasteiger partial charge in [-0.1, -0.05) is 18.6 Å². The SMILES string of the molecule is CCC(C)=CCS[C@@H]1OC(COC(C)=O)[C@@H](OC(C)=O)[C@H](OC(C)=O)C1OC(C)=O. The highest BCUT2D eigenvalue weighted by atomic mass is 32.2. The van der Waals surface area contributed by atoms with Gasteiger partial charge in [-0.05, 0) is 13.3 Å². The van der Waals surface area contributed by atoms with Crippen LogP contribution in [0.25, 0.3) is 0 Å². The first kappa shape index (κ1) is 26.0. The van der Waals surface area contributed by atoms with Gasteiger partial charge in [0.2, 0.25) is 0 Å². The van der Waals surface area contributed by atoms with Gasteiger partial charge in [-0.3, -0.25) is 19.2 Å². The predicted octanol–water partition coefficient (Wildman–Crippen LogP) is 2.16.